The Morgan fingerprint density at radius 1 is 0.682 bits per heavy atom. The minimum absolute atomic E-state index is 0.327. The molecule has 0 aromatic carbocycles. The zero-order valence-electron chi connectivity index (χ0n) is 14.0. The molecule has 0 amide bonds. The monoisotopic (exact) mass is 530 g/mol. The number of carboxylic acid groups (broad SMARTS) is 1. The molecule has 0 unspecified atom stereocenters. The molecule has 2 nitrogen and oxygen atoms in total. The zero-order chi connectivity index (χ0) is 16.6. The van der Waals surface area contributed by atoms with Gasteiger partial charge in [0.1, 0.15) is 0 Å². The highest BCUT2D eigenvalue weighted by atomic mass is 125. The minimum Gasteiger partial charge on any atom is -0.481 e. The van der Waals surface area contributed by atoms with Crippen LogP contribution in [0, 0.1) is 0 Å². The lowest BCUT2D eigenvalue weighted by Gasteiger charge is -2.06. The van der Waals surface area contributed by atoms with Crippen molar-refractivity contribution in [2.24, 2.45) is 0 Å². The van der Waals surface area contributed by atoms with Crippen molar-refractivity contribution in [1.29, 1.82) is 0 Å². The number of rotatable bonds is 15. The van der Waals surface area contributed by atoms with Crippen LogP contribution in [0.4, 0.5) is 0 Å². The Morgan fingerprint density at radius 3 is 1.45 bits per heavy atom. The van der Waals surface area contributed by atoms with Crippen molar-refractivity contribution in [2.45, 2.75) is 96.8 Å². The third-order valence-corrected chi connectivity index (χ3v) is 7.24. The van der Waals surface area contributed by atoms with E-state index in [9.17, 15) is 4.79 Å². The number of unbranched alkanes of at least 4 members (excludes halogenated alkanes) is 9. The first-order chi connectivity index (χ1) is 10.6. The molecule has 0 aromatic rings. The summed E-state index contributed by atoms with van der Waals surface area (Å²) in [7, 11) is 0. The first-order valence-corrected chi connectivity index (χ1v) is 11.0. The van der Waals surface area contributed by atoms with Crippen molar-refractivity contribution in [3.05, 3.63) is 7.16 Å². The van der Waals surface area contributed by atoms with Crippen molar-refractivity contribution >= 4 is 51.2 Å². The molecule has 4 heteroatoms. The van der Waals surface area contributed by atoms with Gasteiger partial charge in [-0.2, -0.15) is 0 Å². The van der Waals surface area contributed by atoms with E-state index >= 15 is 0 Å². The summed E-state index contributed by atoms with van der Waals surface area (Å²) in [5.74, 6) is -0.665. The van der Waals surface area contributed by atoms with Crippen LogP contribution in [0.1, 0.15) is 96.8 Å². The second kappa shape index (κ2) is 16.5. The van der Waals surface area contributed by atoms with Gasteiger partial charge in [0, 0.05) is 6.42 Å². The fourth-order valence-corrected chi connectivity index (χ4v) is 3.72. The van der Waals surface area contributed by atoms with E-state index in [1.807, 2.05) is 0 Å². The number of halogens is 2. The normalized spacial score (nSPS) is 12.3. The average molecular weight is 530 g/mol. The molecule has 0 aliphatic heterocycles. The lowest BCUT2D eigenvalue weighted by molar-refractivity contribution is -0.137. The molecule has 0 atom stereocenters. The van der Waals surface area contributed by atoms with Gasteiger partial charge in [-0.1, -0.05) is 58.3 Å². The highest BCUT2D eigenvalue weighted by molar-refractivity contribution is 14.1. The van der Waals surface area contributed by atoms with Crippen molar-refractivity contribution in [2.75, 3.05) is 0 Å². The summed E-state index contributed by atoms with van der Waals surface area (Å²) in [6.07, 6.45) is 16.5. The van der Waals surface area contributed by atoms with Crippen LogP contribution < -0.4 is 0 Å². The molecule has 22 heavy (non-hydrogen) atoms. The number of carboxylic acids is 1. The molecule has 0 spiro atoms. The molecule has 0 fully saturated rings. The minimum atomic E-state index is -0.665. The van der Waals surface area contributed by atoms with Gasteiger partial charge in [0.15, 0.2) is 0 Å². The molecule has 0 saturated carbocycles. The van der Waals surface area contributed by atoms with Gasteiger partial charge in [0.25, 0.3) is 0 Å². The van der Waals surface area contributed by atoms with Crippen molar-refractivity contribution in [3.8, 4) is 0 Å². The van der Waals surface area contributed by atoms with Crippen LogP contribution in [-0.4, -0.2) is 11.1 Å². The van der Waals surface area contributed by atoms with Gasteiger partial charge in [-0.3, -0.25) is 4.79 Å². The number of carbonyl (C=O) groups is 1. The summed E-state index contributed by atoms with van der Waals surface area (Å²) < 4.78 is 3.09. The largest absolute Gasteiger partial charge is 0.481 e. The van der Waals surface area contributed by atoms with E-state index < -0.39 is 5.97 Å². The SMILES string of the molecule is CCCCCCCC/C([125I])=C(/[125I])CCCCCCCC(=O)O. The first-order valence-electron chi connectivity index (χ1n) is 8.82. The second-order valence-corrected chi connectivity index (χ2v) is 8.59. The van der Waals surface area contributed by atoms with Gasteiger partial charge in [0.05, 0.1) is 0 Å². The van der Waals surface area contributed by atoms with E-state index in [0.29, 0.717) is 6.42 Å². The molecule has 1 N–H and O–H groups in total. The van der Waals surface area contributed by atoms with Crippen molar-refractivity contribution < 1.29 is 9.90 Å². The van der Waals surface area contributed by atoms with Crippen molar-refractivity contribution in [1.82, 2.24) is 0 Å². The number of hydrogen-bond acceptors (Lipinski definition) is 1. The highest BCUT2D eigenvalue weighted by Gasteiger charge is 2.02. The standard InChI is InChI=1S/C18H32I2O2/c1-2-3-4-5-7-10-13-16(19)17(20)14-11-8-6-9-12-15-18(21)22/h2-15H2,1H3,(H,21,22)/b17-16-/i19-2,20-2. The lowest BCUT2D eigenvalue weighted by atomic mass is 10.1. The summed E-state index contributed by atoms with van der Waals surface area (Å²) in [5.41, 5.74) is 0. The van der Waals surface area contributed by atoms with Crippen LogP contribution in [-0.2, 0) is 4.79 Å². The third-order valence-electron chi connectivity index (χ3n) is 3.83. The van der Waals surface area contributed by atoms with Crippen LogP contribution >= 0.6 is 45.2 Å². The summed E-state index contributed by atoms with van der Waals surface area (Å²) in [4.78, 5) is 10.4. The lowest BCUT2D eigenvalue weighted by Crippen LogP contribution is -1.93. The Morgan fingerprint density at radius 2 is 1.05 bits per heavy atom. The Kier molecular flexibility index (Phi) is 17.0. The van der Waals surface area contributed by atoms with E-state index in [-0.39, 0.29) is 0 Å². The average Bonchev–Trinajstić information content (AvgIpc) is 2.49. The van der Waals surface area contributed by atoms with Crippen LogP contribution in [0.5, 0.6) is 0 Å². The molecule has 0 aliphatic carbocycles. The Labute approximate surface area is 164 Å². The quantitative estimate of drug-likeness (QED) is 0.175. The van der Waals surface area contributed by atoms with Crippen molar-refractivity contribution in [3.63, 3.8) is 0 Å². The predicted octanol–water partition coefficient (Wildman–Crippen LogP) is 7.63. The predicted molar refractivity (Wildman–Crippen MR) is 113 cm³/mol. The molecule has 0 aliphatic rings. The molecule has 0 rings (SSSR count). The van der Waals surface area contributed by atoms with E-state index in [1.165, 1.54) is 74.2 Å². The molecule has 0 heterocycles. The van der Waals surface area contributed by atoms with Gasteiger partial charge >= 0.3 is 5.97 Å². The maximum Gasteiger partial charge on any atom is 0.303 e. The van der Waals surface area contributed by atoms with Crippen LogP contribution in [0.2, 0.25) is 0 Å². The number of allylic oxidation sites excluding steroid dienone is 2. The molecular formula is C18H32I2O2. The zero-order valence-corrected chi connectivity index (χ0v) is 18.3. The van der Waals surface area contributed by atoms with Gasteiger partial charge in [0.2, 0.25) is 0 Å². The molecule has 130 valence electrons. The number of hydrogen-bond donors (Lipinski definition) is 1. The molecule has 0 saturated heterocycles. The van der Waals surface area contributed by atoms with Gasteiger partial charge in [-0.15, -0.1) is 0 Å². The smallest absolute Gasteiger partial charge is 0.303 e. The first kappa shape index (κ1) is 22.7. The maximum atomic E-state index is 10.4. The van der Waals surface area contributed by atoms with E-state index in [1.54, 1.807) is 3.58 Å². The third kappa shape index (κ3) is 15.6. The summed E-state index contributed by atoms with van der Waals surface area (Å²) in [5, 5.41) is 8.57. The number of aliphatic carboxylic acids is 1. The van der Waals surface area contributed by atoms with E-state index in [2.05, 4.69) is 52.1 Å². The Hall–Kier alpha value is 0.670. The molecule has 0 aromatic heterocycles. The van der Waals surface area contributed by atoms with Crippen LogP contribution in [0.3, 0.4) is 0 Å². The second-order valence-electron chi connectivity index (χ2n) is 5.99. The van der Waals surface area contributed by atoms with E-state index in [4.69, 9.17) is 5.11 Å². The Bertz CT molecular complexity index is 314. The summed E-state index contributed by atoms with van der Waals surface area (Å²) >= 11 is 5.04. The van der Waals surface area contributed by atoms with Gasteiger partial charge in [-0.05, 0) is 84.4 Å². The fourth-order valence-electron chi connectivity index (χ4n) is 2.42. The molecule has 0 bridgehead atoms. The summed E-state index contributed by atoms with van der Waals surface area (Å²) in [6.45, 7) is 2.26. The molecule has 0 radical (unpaired) electrons. The van der Waals surface area contributed by atoms with Gasteiger partial charge < -0.3 is 5.11 Å². The highest BCUT2D eigenvalue weighted by Crippen LogP contribution is 2.29. The topological polar surface area (TPSA) is 37.3 Å². The van der Waals surface area contributed by atoms with Crippen LogP contribution in [0.15, 0.2) is 7.16 Å². The van der Waals surface area contributed by atoms with Gasteiger partial charge in [-0.25, -0.2) is 0 Å². The maximum absolute atomic E-state index is 10.4. The summed E-state index contributed by atoms with van der Waals surface area (Å²) in [6, 6.07) is 0. The van der Waals surface area contributed by atoms with Crippen LogP contribution in [0.25, 0.3) is 0 Å². The van der Waals surface area contributed by atoms with E-state index in [0.717, 1.165) is 12.8 Å². The molecular weight excluding hydrogens is 498 g/mol. The fraction of sp³-hybridized carbons (Fsp3) is 0.833. The Balaban J connectivity index is 3.53.